The first-order chi connectivity index (χ1) is 14.4. The maximum absolute atomic E-state index is 2.99. The molecule has 0 radical (unpaired) electrons. The Morgan fingerprint density at radius 1 is 0.448 bits per heavy atom. The average Bonchev–Trinajstić information content (AvgIpc) is 2.80. The summed E-state index contributed by atoms with van der Waals surface area (Å²) >= 11 is -2.99. The number of rotatable bonds is 12. The summed E-state index contributed by atoms with van der Waals surface area (Å²) in [4.78, 5) is 0. The van der Waals surface area contributed by atoms with Crippen molar-refractivity contribution in [3.63, 3.8) is 0 Å². The number of hydrogen-bond acceptors (Lipinski definition) is 0. The van der Waals surface area contributed by atoms with Gasteiger partial charge in [-0.3, -0.25) is 0 Å². The molecule has 0 aliphatic carbocycles. The van der Waals surface area contributed by atoms with Crippen molar-refractivity contribution in [2.24, 2.45) is 0 Å². The van der Waals surface area contributed by atoms with Gasteiger partial charge in [0.1, 0.15) is 0 Å². The number of hydrogen-bond donors (Lipinski definition) is 0. The number of unbranched alkanes of at least 4 members (excludes halogenated alkanes) is 7. The van der Waals surface area contributed by atoms with E-state index in [4.69, 9.17) is 0 Å². The number of benzene rings is 3. The molecule has 0 spiro atoms. The van der Waals surface area contributed by atoms with Gasteiger partial charge in [0.05, 0.1) is 0 Å². The van der Waals surface area contributed by atoms with Crippen molar-refractivity contribution in [1.29, 1.82) is 0 Å². The van der Waals surface area contributed by atoms with Crippen LogP contribution in [-0.2, 0) is 0 Å². The van der Waals surface area contributed by atoms with Crippen LogP contribution in [0, 0.1) is 0 Å². The van der Waals surface area contributed by atoms with Crippen LogP contribution in [0.1, 0.15) is 58.3 Å². The van der Waals surface area contributed by atoms with E-state index in [2.05, 4.69) is 97.9 Å². The molecule has 0 aliphatic rings. The second-order valence-corrected chi connectivity index (χ2v) is 19.8. The minimum absolute atomic E-state index is 1.34. The molecule has 3 aromatic rings. The maximum atomic E-state index is 2.40. The molecule has 0 unspecified atom stereocenters. The van der Waals surface area contributed by atoms with Crippen LogP contribution in [0.5, 0.6) is 0 Å². The van der Waals surface area contributed by atoms with Gasteiger partial charge < -0.3 is 0 Å². The molecule has 0 aliphatic heterocycles. The molecule has 3 aromatic carbocycles. The third kappa shape index (κ3) is 5.98. The molecule has 29 heavy (non-hydrogen) atoms. The molecule has 1 heteroatoms. The van der Waals surface area contributed by atoms with E-state index < -0.39 is 18.4 Å². The topological polar surface area (TPSA) is 0 Å². The first-order valence-corrected chi connectivity index (χ1v) is 17.8. The third-order valence-electron chi connectivity index (χ3n) is 6.21. The van der Waals surface area contributed by atoms with Crippen molar-refractivity contribution in [2.75, 3.05) is 0 Å². The Hall–Kier alpha value is -1.54. The van der Waals surface area contributed by atoms with E-state index in [1.165, 1.54) is 55.8 Å². The van der Waals surface area contributed by atoms with Gasteiger partial charge in [0, 0.05) is 0 Å². The molecule has 0 saturated heterocycles. The zero-order valence-electron chi connectivity index (χ0n) is 18.0. The van der Waals surface area contributed by atoms with Gasteiger partial charge in [-0.1, -0.05) is 0 Å². The first kappa shape index (κ1) is 22.2. The fourth-order valence-corrected chi connectivity index (χ4v) is 18.7. The molecule has 0 amide bonds. The van der Waals surface area contributed by atoms with E-state index in [1.54, 1.807) is 10.7 Å². The summed E-state index contributed by atoms with van der Waals surface area (Å²) in [6, 6.07) is 34.3. The van der Waals surface area contributed by atoms with Gasteiger partial charge in [0.15, 0.2) is 0 Å². The van der Waals surface area contributed by atoms with E-state index in [9.17, 15) is 0 Å². The van der Waals surface area contributed by atoms with Crippen LogP contribution in [0.15, 0.2) is 91.0 Å². The van der Waals surface area contributed by atoms with E-state index in [1.807, 2.05) is 0 Å². The van der Waals surface area contributed by atoms with E-state index in [0.29, 0.717) is 0 Å². The van der Waals surface area contributed by atoms with Crippen molar-refractivity contribution in [2.45, 2.75) is 62.7 Å². The zero-order valence-corrected chi connectivity index (χ0v) is 20.9. The average molecular weight is 491 g/mol. The molecular formula is C28H36Sn. The van der Waals surface area contributed by atoms with Crippen LogP contribution in [0.25, 0.3) is 0 Å². The molecule has 3 rings (SSSR count). The summed E-state index contributed by atoms with van der Waals surface area (Å²) in [7, 11) is 0. The van der Waals surface area contributed by atoms with Gasteiger partial charge in [0.25, 0.3) is 0 Å². The standard InChI is InChI=1S/C10H21.3C6H5.Sn/c1-3-5-7-9-10-8-6-4-2;3*1-2-4-6-5-3-1;/h1,3-10H2,2H3;3*1-5H;. The van der Waals surface area contributed by atoms with Gasteiger partial charge in [-0.2, -0.15) is 0 Å². The van der Waals surface area contributed by atoms with Crippen molar-refractivity contribution in [1.82, 2.24) is 0 Å². The molecule has 0 nitrogen and oxygen atoms in total. The van der Waals surface area contributed by atoms with E-state index in [0.717, 1.165) is 0 Å². The van der Waals surface area contributed by atoms with Crippen molar-refractivity contribution in [3.8, 4) is 0 Å². The fraction of sp³-hybridized carbons (Fsp3) is 0.357. The molecule has 0 N–H and O–H groups in total. The summed E-state index contributed by atoms with van der Waals surface area (Å²) in [6.07, 6.45) is 11.1. The van der Waals surface area contributed by atoms with Crippen LogP contribution in [-0.4, -0.2) is 18.4 Å². The summed E-state index contributed by atoms with van der Waals surface area (Å²) in [5.74, 6) is 0. The van der Waals surface area contributed by atoms with Crippen LogP contribution in [0.4, 0.5) is 0 Å². The predicted octanol–water partition coefficient (Wildman–Crippen LogP) is 6.30. The van der Waals surface area contributed by atoms with E-state index in [-0.39, 0.29) is 0 Å². The van der Waals surface area contributed by atoms with Crippen molar-refractivity contribution < 1.29 is 0 Å². The quantitative estimate of drug-likeness (QED) is 0.206. The molecule has 0 saturated carbocycles. The molecule has 0 aromatic heterocycles. The molecule has 0 fully saturated rings. The zero-order chi connectivity index (χ0) is 20.2. The summed E-state index contributed by atoms with van der Waals surface area (Å²) < 4.78 is 6.20. The SMILES string of the molecule is CCCCCCCCC[CH2][Sn]([c]1ccccc1)([c]1ccccc1)[c]1ccccc1. The molecule has 0 heterocycles. The Morgan fingerprint density at radius 2 is 0.793 bits per heavy atom. The normalized spacial score (nSPS) is 11.5. The van der Waals surface area contributed by atoms with Gasteiger partial charge in [-0.05, 0) is 0 Å². The van der Waals surface area contributed by atoms with E-state index >= 15 is 0 Å². The van der Waals surface area contributed by atoms with Crippen molar-refractivity contribution >= 4 is 29.1 Å². The van der Waals surface area contributed by atoms with Gasteiger partial charge in [-0.15, -0.1) is 0 Å². The fourth-order valence-electron chi connectivity index (χ4n) is 4.63. The van der Waals surface area contributed by atoms with Gasteiger partial charge >= 0.3 is 183 Å². The second-order valence-electron chi connectivity index (χ2n) is 8.23. The third-order valence-corrected chi connectivity index (χ3v) is 20.6. The molecule has 0 atom stereocenters. The van der Waals surface area contributed by atoms with Crippen LogP contribution in [0.3, 0.4) is 0 Å². The van der Waals surface area contributed by atoms with Crippen LogP contribution >= 0.6 is 0 Å². The Balaban J connectivity index is 1.83. The van der Waals surface area contributed by atoms with Crippen molar-refractivity contribution in [3.05, 3.63) is 91.0 Å². The molecule has 0 bridgehead atoms. The second kappa shape index (κ2) is 12.2. The Kier molecular flexibility index (Phi) is 9.34. The Labute approximate surface area is 182 Å². The van der Waals surface area contributed by atoms with Gasteiger partial charge in [0.2, 0.25) is 0 Å². The molecular weight excluding hydrogens is 455 g/mol. The minimum atomic E-state index is -2.99. The Bertz CT molecular complexity index is 699. The van der Waals surface area contributed by atoms with Gasteiger partial charge in [-0.25, -0.2) is 0 Å². The monoisotopic (exact) mass is 492 g/mol. The summed E-state index contributed by atoms with van der Waals surface area (Å²) in [5.41, 5.74) is 0. The summed E-state index contributed by atoms with van der Waals surface area (Å²) in [5, 5.41) is 0. The van der Waals surface area contributed by atoms with Crippen LogP contribution in [0.2, 0.25) is 4.44 Å². The van der Waals surface area contributed by atoms with Crippen LogP contribution < -0.4 is 10.7 Å². The Morgan fingerprint density at radius 3 is 1.17 bits per heavy atom. The predicted molar refractivity (Wildman–Crippen MR) is 131 cm³/mol. The first-order valence-electron chi connectivity index (χ1n) is 11.5. The summed E-state index contributed by atoms with van der Waals surface area (Å²) in [6.45, 7) is 2.29. The molecule has 152 valence electrons.